The Morgan fingerprint density at radius 3 is 1.88 bits per heavy atom. The zero-order valence-electron chi connectivity index (χ0n) is 43.1. The largest absolute Gasteiger partial charge is 0.481 e. The Bertz CT molecular complexity index is 2110. The number of hydrogen-bond donors (Lipinski definition) is 7. The second-order valence-electron chi connectivity index (χ2n) is 17.6. The fourth-order valence-electron chi connectivity index (χ4n) is 7.05. The number of rotatable bonds is 41. The van der Waals surface area contributed by atoms with Gasteiger partial charge in [0.05, 0.1) is 25.4 Å². The molecule has 22 heteroatoms. The number of allylic oxidation sites excluding steroid dienone is 13. The molecule has 9 atom stereocenters. The average Bonchev–Trinajstić information content (AvgIpc) is 3.63. The topological polar surface area (TPSA) is 306 Å². The molecule has 1 aliphatic heterocycles. The van der Waals surface area contributed by atoms with Gasteiger partial charge >= 0.3 is 33.3 Å². The molecule has 8 N–H and O–H groups in total. The molecule has 20 nitrogen and oxygen atoms in total. The van der Waals surface area contributed by atoms with E-state index in [1.54, 1.807) is 6.08 Å². The van der Waals surface area contributed by atoms with E-state index < -0.39 is 95.9 Å². The molecule has 0 amide bonds. The van der Waals surface area contributed by atoms with Crippen molar-refractivity contribution in [2.45, 2.75) is 185 Å². The van der Waals surface area contributed by atoms with Crippen molar-refractivity contribution in [1.29, 1.82) is 0 Å². The van der Waals surface area contributed by atoms with Crippen molar-refractivity contribution in [1.82, 2.24) is 9.55 Å². The summed E-state index contributed by atoms with van der Waals surface area (Å²) < 4.78 is 56.6. The molecular weight excluding hydrogens is 1000 g/mol. The van der Waals surface area contributed by atoms with Gasteiger partial charge in [-0.15, -0.1) is 0 Å². The molecule has 2 rings (SSSR count). The molecule has 0 saturated carbocycles. The van der Waals surface area contributed by atoms with Crippen LogP contribution in [0.1, 0.15) is 148 Å². The van der Waals surface area contributed by atoms with Gasteiger partial charge in [-0.2, -0.15) is 9.29 Å². The number of phosphoric acid groups is 2. The first-order chi connectivity index (χ1) is 35.5. The monoisotopic (exact) mass is 1080 g/mol. The third kappa shape index (κ3) is 31.0. The second-order valence-corrected chi connectivity index (χ2v) is 20.6. The number of phosphoric ester groups is 2. The molecule has 74 heavy (non-hydrogen) atoms. The lowest BCUT2D eigenvalue weighted by Gasteiger charge is -2.21. The number of nitrogens with two attached hydrogens (primary N) is 1. The number of aromatic nitrogens is 2. The maximum atomic E-state index is 12.9. The highest BCUT2D eigenvalue weighted by atomic mass is 31.3. The molecule has 0 bridgehead atoms. The van der Waals surface area contributed by atoms with Gasteiger partial charge < -0.3 is 50.2 Å². The summed E-state index contributed by atoms with van der Waals surface area (Å²) in [4.78, 5) is 62.0. The Labute approximate surface area is 436 Å². The van der Waals surface area contributed by atoms with E-state index in [-0.39, 0.29) is 37.9 Å². The SMILES string of the molecule is CC/C=C\C/C=C\C/C=C\C/C=C\CCCCCCC(=O)O[C@H](COC(=O)CCCC(O)C(O)C/C=C\C/C=C\C/C=C\CCCCC)COP(=O)(O)OP(=O)(O)OC[C@H]1O[C@@H](n2ccc(N)nc2=O)[C@H](O)[C@@H]1O. The van der Waals surface area contributed by atoms with Crippen molar-refractivity contribution in [3.05, 3.63) is 108 Å². The fourth-order valence-corrected chi connectivity index (χ4v) is 9.16. The van der Waals surface area contributed by atoms with Crippen molar-refractivity contribution in [3.63, 3.8) is 0 Å². The smallest absolute Gasteiger partial charge is 0.462 e. The molecule has 1 aromatic rings. The minimum atomic E-state index is -5.50. The zero-order valence-corrected chi connectivity index (χ0v) is 44.9. The number of esters is 2. The normalized spacial score (nSPS) is 20.4. The van der Waals surface area contributed by atoms with Crippen LogP contribution in [0.4, 0.5) is 5.82 Å². The minimum absolute atomic E-state index is 0.0432. The van der Waals surface area contributed by atoms with Crippen LogP contribution in [0.3, 0.4) is 0 Å². The first-order valence-corrected chi connectivity index (χ1v) is 28.8. The van der Waals surface area contributed by atoms with E-state index in [2.05, 4.69) is 90.0 Å². The van der Waals surface area contributed by atoms with Gasteiger partial charge in [-0.1, -0.05) is 125 Å². The number of carbonyl (C=O) groups is 2. The summed E-state index contributed by atoms with van der Waals surface area (Å²) in [6.45, 7) is 1.69. The number of hydrogen-bond acceptors (Lipinski definition) is 17. The van der Waals surface area contributed by atoms with Crippen LogP contribution in [0, 0.1) is 0 Å². The van der Waals surface area contributed by atoms with Crippen LogP contribution in [-0.2, 0) is 46.3 Å². The number of anilines is 1. The fraction of sp³-hybridized carbons (Fsp3) is 0.615. The van der Waals surface area contributed by atoms with Gasteiger partial charge in [0.1, 0.15) is 30.7 Å². The summed E-state index contributed by atoms with van der Waals surface area (Å²) in [5, 5.41) is 41.8. The maximum absolute atomic E-state index is 12.9. The first kappa shape index (κ1) is 66.0. The summed E-state index contributed by atoms with van der Waals surface area (Å²) >= 11 is 0. The summed E-state index contributed by atoms with van der Waals surface area (Å²) in [6.07, 6.45) is 33.9. The van der Waals surface area contributed by atoms with E-state index in [4.69, 9.17) is 29.0 Å². The predicted molar refractivity (Wildman–Crippen MR) is 282 cm³/mol. The van der Waals surface area contributed by atoms with Crippen LogP contribution in [0.25, 0.3) is 0 Å². The van der Waals surface area contributed by atoms with E-state index >= 15 is 0 Å². The third-order valence-electron chi connectivity index (χ3n) is 11.2. The molecule has 1 aromatic heterocycles. The Hall–Kier alpha value is -4.14. The Balaban J connectivity index is 1.88. The van der Waals surface area contributed by atoms with E-state index in [0.29, 0.717) is 19.3 Å². The van der Waals surface area contributed by atoms with E-state index in [9.17, 15) is 53.7 Å². The van der Waals surface area contributed by atoms with Gasteiger partial charge in [-0.25, -0.2) is 13.9 Å². The van der Waals surface area contributed by atoms with Gasteiger partial charge in [0.25, 0.3) is 0 Å². The molecule has 418 valence electrons. The maximum Gasteiger partial charge on any atom is 0.481 e. The van der Waals surface area contributed by atoms with E-state index in [1.807, 2.05) is 12.2 Å². The number of ether oxygens (including phenoxy) is 3. The first-order valence-electron chi connectivity index (χ1n) is 25.8. The van der Waals surface area contributed by atoms with Crippen molar-refractivity contribution < 1.29 is 76.5 Å². The molecule has 0 aromatic carbocycles. The number of aliphatic hydroxyl groups excluding tert-OH is 4. The number of aliphatic hydroxyl groups is 4. The highest BCUT2D eigenvalue weighted by Gasteiger charge is 2.46. The number of nitrogens with zero attached hydrogens (tertiary/aromatic N) is 2. The quantitative estimate of drug-likeness (QED) is 0.0140. The van der Waals surface area contributed by atoms with Crippen LogP contribution in [0.15, 0.2) is 102 Å². The van der Waals surface area contributed by atoms with Gasteiger partial charge in [0.15, 0.2) is 12.3 Å². The minimum Gasteiger partial charge on any atom is -0.462 e. The molecule has 0 radical (unpaired) electrons. The molecule has 1 aliphatic rings. The Morgan fingerprint density at radius 2 is 1.27 bits per heavy atom. The molecule has 1 saturated heterocycles. The zero-order chi connectivity index (χ0) is 54.5. The van der Waals surface area contributed by atoms with Crippen LogP contribution < -0.4 is 11.4 Å². The lowest BCUT2D eigenvalue weighted by Crippen LogP contribution is -2.36. The van der Waals surface area contributed by atoms with E-state index in [0.717, 1.165) is 68.6 Å². The van der Waals surface area contributed by atoms with Crippen molar-refractivity contribution >= 4 is 33.4 Å². The summed E-state index contributed by atoms with van der Waals surface area (Å²) in [6, 6.07) is 1.23. The van der Waals surface area contributed by atoms with E-state index in [1.165, 1.54) is 25.3 Å². The molecule has 0 spiro atoms. The van der Waals surface area contributed by atoms with Gasteiger partial charge in [0, 0.05) is 19.0 Å². The van der Waals surface area contributed by atoms with Gasteiger partial charge in [-0.05, 0) is 96.0 Å². The molecule has 0 aliphatic carbocycles. The standard InChI is InChI=1S/C52H83N3O17P2/c1-3-5-7-9-11-13-15-17-18-19-20-21-23-25-27-29-31-35-48(59)70-42(39-67-47(58)36-32-34-44(57)43(56)33-30-28-26-24-22-16-14-12-10-8-6-4-2)40-68-73(63,64)72-74(65,66)69-41-45-49(60)50(61)51(71-45)55-38-37-46(53)54-52(55)62/h5,7,11-14,17-18,20-22,24,28,30,37-38,42-45,49-51,56-57,60-61H,3-4,6,8-10,15-16,19,23,25-27,29,31-36,39-41H2,1-2H3,(H,63,64)(H,65,66)(H2,53,54,62)/b7-5-,13-11-,14-12-,18-17-,21-20-,24-22-,30-28-/t42-,43?,44?,45-,49-,50-,51-/m1/s1. The number of nitrogen functional groups attached to an aromatic ring is 1. The lowest BCUT2D eigenvalue weighted by molar-refractivity contribution is -0.161. The van der Waals surface area contributed by atoms with Crippen molar-refractivity contribution in [2.75, 3.05) is 25.6 Å². The summed E-state index contributed by atoms with van der Waals surface area (Å²) in [7, 11) is -11.0. The molecule has 4 unspecified atom stereocenters. The number of carbonyl (C=O) groups excluding carboxylic acids is 2. The second kappa shape index (κ2) is 39.3. The third-order valence-corrected chi connectivity index (χ3v) is 13.8. The van der Waals surface area contributed by atoms with Crippen LogP contribution in [0.2, 0.25) is 0 Å². The summed E-state index contributed by atoms with van der Waals surface area (Å²) in [5.41, 5.74) is 4.56. The molecule has 2 heterocycles. The van der Waals surface area contributed by atoms with Gasteiger partial charge in [0.2, 0.25) is 0 Å². The Kier molecular flexibility index (Phi) is 35.0. The van der Waals surface area contributed by atoms with Crippen LogP contribution in [-0.4, -0.2) is 108 Å². The van der Waals surface area contributed by atoms with Crippen LogP contribution >= 0.6 is 15.6 Å². The van der Waals surface area contributed by atoms with Crippen molar-refractivity contribution in [2.24, 2.45) is 0 Å². The van der Waals surface area contributed by atoms with Crippen LogP contribution in [0.5, 0.6) is 0 Å². The lowest BCUT2D eigenvalue weighted by atomic mass is 10.0. The summed E-state index contributed by atoms with van der Waals surface area (Å²) in [5.74, 6) is -1.63. The highest BCUT2D eigenvalue weighted by molar-refractivity contribution is 7.61. The van der Waals surface area contributed by atoms with Crippen molar-refractivity contribution in [3.8, 4) is 0 Å². The molecule has 1 fully saturated rings. The highest BCUT2D eigenvalue weighted by Crippen LogP contribution is 2.60. The predicted octanol–water partition coefficient (Wildman–Crippen LogP) is 8.61. The average molecular weight is 1080 g/mol. The molecular formula is C52H83N3O17P2. The Morgan fingerprint density at radius 1 is 0.716 bits per heavy atom. The van der Waals surface area contributed by atoms with Gasteiger partial charge in [-0.3, -0.25) is 23.2 Å². The number of unbranched alkanes of at least 4 members (excludes halogenated alkanes) is 7.